The number of non-ortho nitro benzene ring substituents is 1. The maximum atomic E-state index is 11.1. The molecule has 2 heterocycles. The molecular weight excluding hydrogens is 372 g/mol. The Labute approximate surface area is 166 Å². The van der Waals surface area contributed by atoms with Gasteiger partial charge in [-0.15, -0.1) is 5.10 Å². The van der Waals surface area contributed by atoms with Crippen LogP contribution < -0.4 is 9.47 Å². The Kier molecular flexibility index (Phi) is 5.07. The number of hydrogen-bond donors (Lipinski definition) is 0. The molecule has 0 N–H and O–H groups in total. The topological polar surface area (TPSA) is 92.3 Å². The maximum Gasteiger partial charge on any atom is 0.269 e. The van der Waals surface area contributed by atoms with Gasteiger partial charge in [-0.25, -0.2) is 0 Å². The number of aromatic nitrogens is 3. The fourth-order valence-electron chi connectivity index (χ4n) is 3.06. The first kappa shape index (κ1) is 18.4. The summed E-state index contributed by atoms with van der Waals surface area (Å²) < 4.78 is 13.1. The van der Waals surface area contributed by atoms with Gasteiger partial charge in [0.25, 0.3) is 5.69 Å². The zero-order chi connectivity index (χ0) is 20.2. The van der Waals surface area contributed by atoms with Crippen molar-refractivity contribution in [1.29, 1.82) is 0 Å². The van der Waals surface area contributed by atoms with Crippen LogP contribution in [0.5, 0.6) is 11.6 Å². The third-order valence-corrected chi connectivity index (χ3v) is 4.50. The molecule has 0 radical (unpaired) electrons. The van der Waals surface area contributed by atoms with Crippen LogP contribution >= 0.6 is 0 Å². The average Bonchev–Trinajstić information content (AvgIpc) is 3.09. The summed E-state index contributed by atoms with van der Waals surface area (Å²) >= 11 is 0. The summed E-state index contributed by atoms with van der Waals surface area (Å²) in [5, 5.41) is 16.5. The number of methoxy groups -OCH3 is 1. The molecule has 4 rings (SSSR count). The molecule has 0 bridgehead atoms. The molecule has 0 saturated carbocycles. The van der Waals surface area contributed by atoms with E-state index in [1.807, 2.05) is 36.4 Å². The molecule has 0 amide bonds. The summed E-state index contributed by atoms with van der Waals surface area (Å²) in [5.41, 5.74) is 2.65. The van der Waals surface area contributed by atoms with Crippen LogP contribution in [0, 0.1) is 10.1 Å². The highest BCUT2D eigenvalue weighted by molar-refractivity contribution is 5.86. The molecule has 2 aromatic carbocycles. The zero-order valence-electron chi connectivity index (χ0n) is 15.7. The molecule has 4 aromatic rings. The minimum Gasteiger partial charge on any atom is -0.497 e. The van der Waals surface area contributed by atoms with Crippen LogP contribution in [0.3, 0.4) is 0 Å². The van der Waals surface area contributed by atoms with Gasteiger partial charge in [0.15, 0.2) is 0 Å². The van der Waals surface area contributed by atoms with Crippen molar-refractivity contribution >= 4 is 16.6 Å². The SMILES string of the molecule is COc1ccc2c(c1)c(OCc1ccncc1)nn2Cc1cccc([N+](=O)[O-])c1. The number of rotatable bonds is 7. The Bertz CT molecular complexity index is 1160. The van der Waals surface area contributed by atoms with Gasteiger partial charge < -0.3 is 9.47 Å². The highest BCUT2D eigenvalue weighted by atomic mass is 16.6. The van der Waals surface area contributed by atoms with E-state index in [0.717, 1.165) is 22.0 Å². The van der Waals surface area contributed by atoms with Gasteiger partial charge in [0.2, 0.25) is 5.88 Å². The molecular formula is C21H18N4O4. The minimum atomic E-state index is -0.404. The normalized spacial score (nSPS) is 10.8. The smallest absolute Gasteiger partial charge is 0.269 e. The standard InChI is InChI=1S/C21H18N4O4/c1-28-18-5-6-20-19(12-18)21(29-14-15-7-9-22-10-8-15)23-24(20)13-16-3-2-4-17(11-16)25(26)27/h2-12H,13-14H2,1H3. The van der Waals surface area contributed by atoms with Crippen LogP contribution in [-0.2, 0) is 13.2 Å². The summed E-state index contributed by atoms with van der Waals surface area (Å²) in [6.45, 7) is 0.728. The van der Waals surface area contributed by atoms with Crippen molar-refractivity contribution in [3.8, 4) is 11.6 Å². The Balaban J connectivity index is 1.68. The van der Waals surface area contributed by atoms with Crippen LogP contribution in [0.1, 0.15) is 11.1 Å². The number of nitro groups is 1. The average molecular weight is 390 g/mol. The number of hydrogen-bond acceptors (Lipinski definition) is 6. The Morgan fingerprint density at radius 3 is 2.66 bits per heavy atom. The monoisotopic (exact) mass is 390 g/mol. The summed E-state index contributed by atoms with van der Waals surface area (Å²) in [7, 11) is 1.60. The molecule has 0 aliphatic rings. The first-order valence-electron chi connectivity index (χ1n) is 8.93. The molecule has 0 fully saturated rings. The van der Waals surface area contributed by atoms with E-state index in [0.29, 0.717) is 24.8 Å². The predicted octanol–water partition coefficient (Wildman–Crippen LogP) is 3.98. The van der Waals surface area contributed by atoms with Crippen molar-refractivity contribution in [2.75, 3.05) is 7.11 Å². The first-order valence-corrected chi connectivity index (χ1v) is 8.93. The van der Waals surface area contributed by atoms with Crippen molar-refractivity contribution in [2.45, 2.75) is 13.2 Å². The number of ether oxygens (including phenoxy) is 2. The number of benzene rings is 2. The molecule has 0 atom stereocenters. The number of pyridine rings is 1. The molecule has 0 unspecified atom stereocenters. The van der Waals surface area contributed by atoms with Crippen molar-refractivity contribution in [1.82, 2.24) is 14.8 Å². The number of fused-ring (bicyclic) bond motifs is 1. The third kappa shape index (κ3) is 4.01. The van der Waals surface area contributed by atoms with E-state index in [4.69, 9.17) is 9.47 Å². The summed E-state index contributed by atoms with van der Waals surface area (Å²) in [5.74, 6) is 1.17. The minimum absolute atomic E-state index is 0.0507. The molecule has 0 spiro atoms. The van der Waals surface area contributed by atoms with Gasteiger partial charge in [0.1, 0.15) is 12.4 Å². The molecule has 29 heavy (non-hydrogen) atoms. The number of nitro benzene ring substituents is 1. The van der Waals surface area contributed by atoms with Gasteiger partial charge in [-0.2, -0.15) is 0 Å². The van der Waals surface area contributed by atoms with E-state index >= 15 is 0 Å². The Morgan fingerprint density at radius 2 is 1.90 bits per heavy atom. The molecule has 8 nitrogen and oxygen atoms in total. The predicted molar refractivity (Wildman–Crippen MR) is 107 cm³/mol. The maximum absolute atomic E-state index is 11.1. The van der Waals surface area contributed by atoms with Gasteiger partial charge in [-0.05, 0) is 41.5 Å². The lowest BCUT2D eigenvalue weighted by Crippen LogP contribution is -2.03. The van der Waals surface area contributed by atoms with Gasteiger partial charge in [-0.3, -0.25) is 19.8 Å². The molecule has 2 aromatic heterocycles. The number of nitrogens with zero attached hydrogens (tertiary/aromatic N) is 4. The van der Waals surface area contributed by atoms with Crippen LogP contribution in [0.4, 0.5) is 5.69 Å². The highest BCUT2D eigenvalue weighted by Gasteiger charge is 2.15. The lowest BCUT2D eigenvalue weighted by Gasteiger charge is -2.04. The van der Waals surface area contributed by atoms with Crippen molar-refractivity contribution in [3.05, 3.63) is 88.2 Å². The molecule has 0 aliphatic carbocycles. The van der Waals surface area contributed by atoms with Crippen molar-refractivity contribution in [2.24, 2.45) is 0 Å². The zero-order valence-corrected chi connectivity index (χ0v) is 15.7. The second-order valence-electron chi connectivity index (χ2n) is 6.42. The van der Waals surface area contributed by atoms with Crippen molar-refractivity contribution < 1.29 is 14.4 Å². The van der Waals surface area contributed by atoms with E-state index in [1.165, 1.54) is 6.07 Å². The Hall–Kier alpha value is -3.94. The fraction of sp³-hybridized carbons (Fsp3) is 0.143. The summed E-state index contributed by atoms with van der Waals surface area (Å²) in [4.78, 5) is 14.7. The van der Waals surface area contributed by atoms with Crippen LogP contribution in [0.15, 0.2) is 67.0 Å². The van der Waals surface area contributed by atoms with Crippen molar-refractivity contribution in [3.63, 3.8) is 0 Å². The Morgan fingerprint density at radius 1 is 1.07 bits per heavy atom. The highest BCUT2D eigenvalue weighted by Crippen LogP contribution is 2.30. The quantitative estimate of drug-likeness (QED) is 0.350. The van der Waals surface area contributed by atoms with Gasteiger partial charge in [0.05, 0.1) is 29.5 Å². The van der Waals surface area contributed by atoms with Gasteiger partial charge in [-0.1, -0.05) is 12.1 Å². The van der Waals surface area contributed by atoms with Gasteiger partial charge >= 0.3 is 0 Å². The first-order chi connectivity index (χ1) is 14.1. The summed E-state index contributed by atoms with van der Waals surface area (Å²) in [6, 6.07) is 15.9. The van der Waals surface area contributed by atoms with Crippen LogP contribution in [0.25, 0.3) is 10.9 Å². The lowest BCUT2D eigenvalue weighted by atomic mass is 10.2. The molecule has 0 saturated heterocycles. The van der Waals surface area contributed by atoms with Gasteiger partial charge in [0, 0.05) is 24.5 Å². The largest absolute Gasteiger partial charge is 0.497 e. The van der Waals surface area contributed by atoms with E-state index < -0.39 is 4.92 Å². The molecule has 8 heteroatoms. The van der Waals surface area contributed by atoms with E-state index in [1.54, 1.807) is 36.3 Å². The fourth-order valence-corrected chi connectivity index (χ4v) is 3.06. The summed E-state index contributed by atoms with van der Waals surface area (Å²) in [6.07, 6.45) is 3.42. The van der Waals surface area contributed by atoms with Crippen LogP contribution in [-0.4, -0.2) is 26.8 Å². The third-order valence-electron chi connectivity index (χ3n) is 4.50. The lowest BCUT2D eigenvalue weighted by molar-refractivity contribution is -0.384. The van der Waals surface area contributed by atoms with Crippen LogP contribution in [0.2, 0.25) is 0 Å². The second kappa shape index (κ2) is 7.97. The van der Waals surface area contributed by atoms with E-state index in [9.17, 15) is 10.1 Å². The molecule has 0 aliphatic heterocycles. The molecule has 146 valence electrons. The second-order valence-corrected chi connectivity index (χ2v) is 6.42. The van der Waals surface area contributed by atoms with E-state index in [-0.39, 0.29) is 5.69 Å². The van der Waals surface area contributed by atoms with E-state index in [2.05, 4.69) is 10.1 Å².